The predicted molar refractivity (Wildman–Crippen MR) is 222 cm³/mol. The molecule has 0 fully saturated rings. The predicted octanol–water partition coefficient (Wildman–Crippen LogP) is 12.6. The zero-order valence-corrected chi connectivity index (χ0v) is 29.6. The molecule has 2 aliphatic rings. The van der Waals surface area contributed by atoms with Gasteiger partial charge in [-0.1, -0.05) is 127 Å². The van der Waals surface area contributed by atoms with Crippen LogP contribution in [-0.4, -0.2) is 9.13 Å². The van der Waals surface area contributed by atoms with Crippen molar-refractivity contribution in [1.82, 2.24) is 9.13 Å². The summed E-state index contributed by atoms with van der Waals surface area (Å²) in [5.41, 5.74) is 12.4. The average molecular weight is 691 g/mol. The van der Waals surface area contributed by atoms with Crippen molar-refractivity contribution in [3.8, 4) is 29.0 Å². The van der Waals surface area contributed by atoms with Gasteiger partial charge in [0.1, 0.15) is 12.1 Å². The Morgan fingerprint density at radius 1 is 0.611 bits per heavy atom. The summed E-state index contributed by atoms with van der Waals surface area (Å²) in [4.78, 5) is 0. The lowest BCUT2D eigenvalue weighted by Gasteiger charge is -2.24. The number of hydrogen-bond donors (Lipinski definition) is 0. The summed E-state index contributed by atoms with van der Waals surface area (Å²) < 4.78 is 4.86. The van der Waals surface area contributed by atoms with Crippen LogP contribution in [0.3, 0.4) is 0 Å². The molecule has 54 heavy (non-hydrogen) atoms. The molecule has 0 bridgehead atoms. The zero-order valence-electron chi connectivity index (χ0n) is 29.6. The monoisotopic (exact) mass is 690 g/mol. The van der Waals surface area contributed by atoms with Gasteiger partial charge in [-0.15, -0.1) is 0 Å². The van der Waals surface area contributed by atoms with Gasteiger partial charge in [-0.3, -0.25) is 0 Å². The maximum absolute atomic E-state index is 10.9. The van der Waals surface area contributed by atoms with Crippen molar-refractivity contribution in [2.75, 3.05) is 0 Å². The molecule has 4 nitrogen and oxygen atoms in total. The van der Waals surface area contributed by atoms with Crippen LogP contribution in [0, 0.1) is 22.7 Å². The summed E-state index contributed by atoms with van der Waals surface area (Å²) >= 11 is 0. The Bertz CT molecular complexity index is 3030. The molecule has 1 atom stereocenters. The molecular weight excluding hydrogens is 657 g/mol. The maximum atomic E-state index is 10.9. The van der Waals surface area contributed by atoms with Gasteiger partial charge in [0.05, 0.1) is 33.2 Å². The Balaban J connectivity index is 1.28. The molecule has 4 heteroatoms. The second kappa shape index (κ2) is 12.8. The lowest BCUT2D eigenvalue weighted by atomic mass is 9.79. The minimum absolute atomic E-state index is 0.0387. The number of para-hydroxylation sites is 3. The van der Waals surface area contributed by atoms with E-state index in [0.717, 1.165) is 80.5 Å². The highest BCUT2D eigenvalue weighted by Gasteiger charge is 2.27. The largest absolute Gasteiger partial charge is 0.311 e. The topological polar surface area (TPSA) is 57.4 Å². The van der Waals surface area contributed by atoms with Crippen LogP contribution in [0.15, 0.2) is 164 Å². The second-order valence-corrected chi connectivity index (χ2v) is 14.1. The third kappa shape index (κ3) is 4.82. The molecule has 0 amide bonds. The normalized spacial score (nSPS) is 15.4. The van der Waals surface area contributed by atoms with Crippen molar-refractivity contribution in [1.29, 1.82) is 10.5 Å². The molecule has 2 aromatic heterocycles. The molecule has 0 saturated carbocycles. The minimum Gasteiger partial charge on any atom is -0.311 e. The zero-order chi connectivity index (χ0) is 36.2. The Morgan fingerprint density at radius 2 is 1.24 bits per heavy atom. The highest BCUT2D eigenvalue weighted by atomic mass is 15.0. The molecule has 1 unspecified atom stereocenters. The third-order valence-corrected chi connectivity index (χ3v) is 11.2. The number of nitrogens with zero attached hydrogens (tertiary/aromatic N) is 4. The molecule has 0 saturated heterocycles. The summed E-state index contributed by atoms with van der Waals surface area (Å²) in [5, 5.41) is 26.7. The molecular formula is C50H34N4. The summed E-state index contributed by atoms with van der Waals surface area (Å²) in [5.74, 6) is 0.0387. The van der Waals surface area contributed by atoms with E-state index in [2.05, 4.69) is 167 Å². The van der Waals surface area contributed by atoms with E-state index in [0.29, 0.717) is 11.1 Å². The highest BCUT2D eigenvalue weighted by Crippen LogP contribution is 2.45. The van der Waals surface area contributed by atoms with Crippen molar-refractivity contribution in [2.24, 2.45) is 0 Å². The van der Waals surface area contributed by atoms with Crippen molar-refractivity contribution in [3.05, 3.63) is 186 Å². The van der Waals surface area contributed by atoms with Gasteiger partial charge in [0.25, 0.3) is 0 Å². The number of rotatable bonds is 5. The molecule has 0 aliphatic heterocycles. The van der Waals surface area contributed by atoms with E-state index in [4.69, 9.17) is 0 Å². The van der Waals surface area contributed by atoms with Crippen LogP contribution in [0.1, 0.15) is 47.4 Å². The Hall–Kier alpha value is -7.14. The van der Waals surface area contributed by atoms with E-state index in [1.165, 1.54) is 21.5 Å². The molecule has 8 aromatic rings. The van der Waals surface area contributed by atoms with Gasteiger partial charge in [-0.25, -0.2) is 0 Å². The van der Waals surface area contributed by atoms with E-state index in [9.17, 15) is 10.5 Å². The van der Waals surface area contributed by atoms with E-state index >= 15 is 0 Å². The molecule has 254 valence electrons. The lowest BCUT2D eigenvalue weighted by Crippen LogP contribution is -2.08. The minimum atomic E-state index is 0.0387. The number of nitriles is 2. The molecule has 10 rings (SSSR count). The van der Waals surface area contributed by atoms with Gasteiger partial charge in [0.2, 0.25) is 0 Å². The van der Waals surface area contributed by atoms with Crippen molar-refractivity contribution < 1.29 is 0 Å². The van der Waals surface area contributed by atoms with Crippen LogP contribution >= 0.6 is 0 Å². The van der Waals surface area contributed by atoms with Crippen molar-refractivity contribution >= 4 is 54.9 Å². The number of fused-ring (bicyclic) bond motifs is 7. The number of aromatic nitrogens is 2. The molecule has 0 radical (unpaired) electrons. The fourth-order valence-corrected chi connectivity index (χ4v) is 8.86. The van der Waals surface area contributed by atoms with Crippen molar-refractivity contribution in [2.45, 2.75) is 25.2 Å². The first-order valence-electron chi connectivity index (χ1n) is 18.6. The molecule has 0 N–H and O–H groups in total. The van der Waals surface area contributed by atoms with Crippen LogP contribution in [-0.2, 0) is 0 Å². The number of allylic oxidation sites excluding steroid dienone is 8. The fourth-order valence-electron chi connectivity index (χ4n) is 8.86. The van der Waals surface area contributed by atoms with Crippen LogP contribution in [0.4, 0.5) is 0 Å². The number of hydrogen-bond acceptors (Lipinski definition) is 2. The summed E-state index contributed by atoms with van der Waals surface area (Å²) in [6.45, 7) is 0. The van der Waals surface area contributed by atoms with E-state index in [-0.39, 0.29) is 5.92 Å². The Kier molecular flexibility index (Phi) is 7.50. The molecule has 2 heterocycles. The first-order chi connectivity index (χ1) is 26.7. The number of benzene rings is 6. The van der Waals surface area contributed by atoms with Crippen molar-refractivity contribution in [3.63, 3.8) is 0 Å². The van der Waals surface area contributed by atoms with Gasteiger partial charge < -0.3 is 9.13 Å². The second-order valence-electron chi connectivity index (χ2n) is 14.1. The quantitative estimate of drug-likeness (QED) is 0.180. The maximum Gasteiger partial charge on any atom is 0.100 e. The molecule has 6 aromatic carbocycles. The molecule has 2 aliphatic carbocycles. The van der Waals surface area contributed by atoms with Crippen LogP contribution in [0.2, 0.25) is 0 Å². The third-order valence-electron chi connectivity index (χ3n) is 11.2. The Labute approximate surface area is 313 Å². The van der Waals surface area contributed by atoms with Gasteiger partial charge >= 0.3 is 0 Å². The first-order valence-corrected chi connectivity index (χ1v) is 18.6. The van der Waals surface area contributed by atoms with Gasteiger partial charge in [0.15, 0.2) is 0 Å². The lowest BCUT2D eigenvalue weighted by molar-refractivity contribution is 0.849. The Morgan fingerprint density at radius 3 is 1.91 bits per heavy atom. The van der Waals surface area contributed by atoms with Crippen LogP contribution in [0.5, 0.6) is 0 Å². The fraction of sp³-hybridized carbons (Fsp3) is 0.0800. The van der Waals surface area contributed by atoms with Crippen LogP contribution < -0.4 is 0 Å². The van der Waals surface area contributed by atoms with Gasteiger partial charge in [-0.05, 0) is 72.4 Å². The first kappa shape index (κ1) is 31.6. The van der Waals surface area contributed by atoms with Crippen LogP contribution in [0.25, 0.3) is 71.7 Å². The smallest absolute Gasteiger partial charge is 0.100 e. The van der Waals surface area contributed by atoms with Gasteiger partial charge in [0, 0.05) is 50.0 Å². The van der Waals surface area contributed by atoms with Gasteiger partial charge in [-0.2, -0.15) is 10.5 Å². The van der Waals surface area contributed by atoms with E-state index in [1.54, 1.807) is 0 Å². The highest BCUT2D eigenvalue weighted by molar-refractivity contribution is 6.24. The average Bonchev–Trinajstić information content (AvgIpc) is 3.77. The SMILES string of the molecule is N#Cc1c(-c2ccccc2)cc(C2C=CC=CC2)c(C#N)c1C1=CCCC(n2c3ccccc3c3ccc4c5ccccc5n(-c5ccccc5)c4c32)=C1. The standard InChI is InChI=1S/C50H34N4/c51-31-44-42(33-15-4-1-5-16-33)30-43(34-17-6-2-7-18-34)45(32-52)48(44)35-19-14-22-37(29-35)54-47-26-13-11-24-39(47)41-28-27-40-38-23-10-12-25-46(38)53(49(40)50(41)54)36-20-8-3-9-21-36/h1-13,15-17,19-21,23-30,34H,14,18,22H2. The summed E-state index contributed by atoms with van der Waals surface area (Å²) in [6, 6.07) is 49.9. The summed E-state index contributed by atoms with van der Waals surface area (Å²) in [6.07, 6.45) is 15.3. The summed E-state index contributed by atoms with van der Waals surface area (Å²) in [7, 11) is 0. The van der Waals surface area contributed by atoms with E-state index in [1.807, 2.05) is 18.2 Å². The molecule has 0 spiro atoms. The van der Waals surface area contributed by atoms with E-state index < -0.39 is 0 Å².